The second-order valence-corrected chi connectivity index (χ2v) is 9.84. The molecule has 2 fully saturated rings. The number of halogens is 4. The molecule has 1 saturated heterocycles. The van der Waals surface area contributed by atoms with Gasteiger partial charge in [-0.15, -0.1) is 0 Å². The van der Waals surface area contributed by atoms with Gasteiger partial charge in [-0.3, -0.25) is 9.69 Å². The van der Waals surface area contributed by atoms with Crippen LogP contribution in [0.25, 0.3) is 6.08 Å². The van der Waals surface area contributed by atoms with E-state index in [4.69, 9.17) is 0 Å². The number of hydrogen-bond donors (Lipinski definition) is 0. The highest BCUT2D eigenvalue weighted by atomic mass is 79.9. The number of hydrogen-bond acceptors (Lipinski definition) is 2. The van der Waals surface area contributed by atoms with E-state index in [2.05, 4.69) is 20.8 Å². The van der Waals surface area contributed by atoms with Crippen LogP contribution in [0.2, 0.25) is 0 Å². The highest BCUT2D eigenvalue weighted by molar-refractivity contribution is 9.10. The Morgan fingerprint density at radius 2 is 1.70 bits per heavy atom. The summed E-state index contributed by atoms with van der Waals surface area (Å²) >= 11 is 3.45. The van der Waals surface area contributed by atoms with Crippen molar-refractivity contribution in [2.24, 2.45) is 0 Å². The van der Waals surface area contributed by atoms with Gasteiger partial charge in [-0.1, -0.05) is 53.0 Å². The van der Waals surface area contributed by atoms with Crippen LogP contribution < -0.4 is 0 Å². The zero-order valence-electron chi connectivity index (χ0n) is 18.4. The summed E-state index contributed by atoms with van der Waals surface area (Å²) in [6, 6.07) is 13.6. The Hall–Kier alpha value is -2.12. The van der Waals surface area contributed by atoms with Crippen molar-refractivity contribution in [2.45, 2.75) is 56.9 Å². The van der Waals surface area contributed by atoms with Gasteiger partial charge in [0.2, 0.25) is 5.91 Å². The highest BCUT2D eigenvalue weighted by Gasteiger charge is 2.34. The Kier molecular flexibility index (Phi) is 7.59. The second-order valence-electron chi connectivity index (χ2n) is 8.92. The Bertz CT molecular complexity index is 967. The zero-order chi connectivity index (χ0) is 23.4. The van der Waals surface area contributed by atoms with Gasteiger partial charge in [0.1, 0.15) is 0 Å². The fraction of sp³-hybridized carbons (Fsp3) is 0.423. The third kappa shape index (κ3) is 6.27. The van der Waals surface area contributed by atoms with Crippen LogP contribution in [0.5, 0.6) is 0 Å². The highest BCUT2D eigenvalue weighted by Crippen LogP contribution is 2.30. The lowest BCUT2D eigenvalue weighted by Gasteiger charge is -2.30. The summed E-state index contributed by atoms with van der Waals surface area (Å²) in [4.78, 5) is 17.7. The topological polar surface area (TPSA) is 23.6 Å². The maximum absolute atomic E-state index is 13.3. The molecule has 0 aromatic heterocycles. The molecule has 1 saturated carbocycles. The lowest BCUT2D eigenvalue weighted by molar-refractivity contribution is -0.137. The van der Waals surface area contributed by atoms with Crippen LogP contribution >= 0.6 is 15.9 Å². The van der Waals surface area contributed by atoms with E-state index in [1.807, 2.05) is 29.2 Å². The normalized spacial score (nSPS) is 20.1. The number of carbonyl (C=O) groups excluding carboxylic acids is 1. The molecule has 33 heavy (non-hydrogen) atoms. The van der Waals surface area contributed by atoms with E-state index >= 15 is 0 Å². The van der Waals surface area contributed by atoms with Crippen LogP contribution in [0.1, 0.15) is 48.8 Å². The fourth-order valence-electron chi connectivity index (χ4n) is 4.84. The van der Waals surface area contributed by atoms with Crippen molar-refractivity contribution in [1.82, 2.24) is 9.80 Å². The standard InChI is InChI=1S/C26H28BrF3N2O/c27-22-12-7-20(8-13-22)17-32(24-15-16-31(18-24)23-3-1-2-4-23)25(33)14-9-19-5-10-21(11-6-19)26(28,29)30/h5-14,23-24H,1-4,15-18H2/b14-9+. The van der Waals surface area contributed by atoms with E-state index in [1.54, 1.807) is 6.08 Å². The molecule has 1 amide bonds. The molecular formula is C26H28BrF3N2O. The van der Waals surface area contributed by atoms with Crippen molar-refractivity contribution < 1.29 is 18.0 Å². The van der Waals surface area contributed by atoms with Crippen molar-refractivity contribution in [3.05, 3.63) is 75.8 Å². The van der Waals surface area contributed by atoms with E-state index in [1.165, 1.54) is 43.9 Å². The average molecular weight is 521 g/mol. The predicted octanol–water partition coefficient (Wildman–Crippen LogP) is 6.53. The van der Waals surface area contributed by atoms with E-state index < -0.39 is 11.7 Å². The molecule has 7 heteroatoms. The van der Waals surface area contributed by atoms with Gasteiger partial charge in [0, 0.05) is 42.3 Å². The maximum atomic E-state index is 13.3. The molecule has 0 bridgehead atoms. The summed E-state index contributed by atoms with van der Waals surface area (Å²) in [6.07, 6.45) is 4.69. The maximum Gasteiger partial charge on any atom is 0.416 e. The van der Waals surface area contributed by atoms with Crippen molar-refractivity contribution in [3.8, 4) is 0 Å². The molecule has 1 aliphatic carbocycles. The number of nitrogens with zero attached hydrogens (tertiary/aromatic N) is 2. The molecule has 1 aliphatic heterocycles. The lowest BCUT2D eigenvalue weighted by atomic mass is 10.1. The van der Waals surface area contributed by atoms with Gasteiger partial charge in [0.15, 0.2) is 0 Å². The van der Waals surface area contributed by atoms with Crippen molar-refractivity contribution in [2.75, 3.05) is 13.1 Å². The number of alkyl halides is 3. The van der Waals surface area contributed by atoms with Gasteiger partial charge >= 0.3 is 6.18 Å². The monoisotopic (exact) mass is 520 g/mol. The van der Waals surface area contributed by atoms with Crippen LogP contribution in [0.3, 0.4) is 0 Å². The van der Waals surface area contributed by atoms with Crippen LogP contribution in [0.15, 0.2) is 59.1 Å². The third-order valence-corrected chi connectivity index (χ3v) is 7.21. The lowest BCUT2D eigenvalue weighted by Crippen LogP contribution is -2.42. The molecule has 1 heterocycles. The summed E-state index contributed by atoms with van der Waals surface area (Å²) in [7, 11) is 0. The third-order valence-electron chi connectivity index (χ3n) is 6.68. The van der Waals surface area contributed by atoms with Crippen molar-refractivity contribution >= 4 is 27.9 Å². The SMILES string of the molecule is O=C(/C=C/c1ccc(C(F)(F)F)cc1)N(Cc1ccc(Br)cc1)C1CCN(C2CCCC2)C1. The molecule has 0 radical (unpaired) electrons. The van der Waals surface area contributed by atoms with Crippen LogP contribution in [-0.4, -0.2) is 40.9 Å². The summed E-state index contributed by atoms with van der Waals surface area (Å²) in [5.41, 5.74) is 0.925. The molecule has 0 N–H and O–H groups in total. The Balaban J connectivity index is 1.48. The molecular weight excluding hydrogens is 493 g/mol. The van der Waals surface area contributed by atoms with Gasteiger partial charge in [-0.05, 0) is 60.7 Å². The number of carbonyl (C=O) groups is 1. The molecule has 2 aromatic carbocycles. The summed E-state index contributed by atoms with van der Waals surface area (Å²) in [5, 5.41) is 0. The van der Waals surface area contributed by atoms with Gasteiger partial charge < -0.3 is 4.90 Å². The molecule has 2 aromatic rings. The van der Waals surface area contributed by atoms with E-state index in [-0.39, 0.29) is 11.9 Å². The summed E-state index contributed by atoms with van der Waals surface area (Å²) < 4.78 is 39.4. The molecule has 1 unspecified atom stereocenters. The largest absolute Gasteiger partial charge is 0.416 e. The minimum Gasteiger partial charge on any atom is -0.331 e. The molecule has 2 aliphatic rings. The van der Waals surface area contributed by atoms with Crippen LogP contribution in [0.4, 0.5) is 13.2 Å². The number of likely N-dealkylation sites (tertiary alicyclic amines) is 1. The zero-order valence-corrected chi connectivity index (χ0v) is 20.0. The first-order valence-corrected chi connectivity index (χ1v) is 12.2. The average Bonchev–Trinajstić information content (AvgIpc) is 3.49. The van der Waals surface area contributed by atoms with Gasteiger partial charge in [0.05, 0.1) is 5.56 Å². The smallest absolute Gasteiger partial charge is 0.331 e. The van der Waals surface area contributed by atoms with Gasteiger partial charge in [-0.25, -0.2) is 0 Å². The van der Waals surface area contributed by atoms with Crippen molar-refractivity contribution in [1.29, 1.82) is 0 Å². The Morgan fingerprint density at radius 1 is 1.03 bits per heavy atom. The Labute approximate surface area is 201 Å². The van der Waals surface area contributed by atoms with Gasteiger partial charge in [0.25, 0.3) is 0 Å². The molecule has 176 valence electrons. The van der Waals surface area contributed by atoms with Crippen molar-refractivity contribution in [3.63, 3.8) is 0 Å². The quantitative estimate of drug-likeness (QED) is 0.404. The van der Waals surface area contributed by atoms with E-state index in [0.717, 1.165) is 41.7 Å². The van der Waals surface area contributed by atoms with E-state index in [0.29, 0.717) is 18.2 Å². The first-order valence-electron chi connectivity index (χ1n) is 11.4. The van der Waals surface area contributed by atoms with Crippen LogP contribution in [0, 0.1) is 0 Å². The second kappa shape index (κ2) is 10.4. The van der Waals surface area contributed by atoms with Crippen LogP contribution in [-0.2, 0) is 17.5 Å². The number of benzene rings is 2. The summed E-state index contributed by atoms with van der Waals surface area (Å²) in [6.45, 7) is 2.38. The fourth-order valence-corrected chi connectivity index (χ4v) is 5.11. The Morgan fingerprint density at radius 3 is 2.33 bits per heavy atom. The molecule has 1 atom stereocenters. The number of amides is 1. The first-order chi connectivity index (χ1) is 15.8. The number of rotatable bonds is 6. The minimum atomic E-state index is -4.37. The molecule has 4 rings (SSSR count). The summed E-state index contributed by atoms with van der Waals surface area (Å²) in [5.74, 6) is -0.115. The molecule has 0 spiro atoms. The van der Waals surface area contributed by atoms with E-state index in [9.17, 15) is 18.0 Å². The molecule has 3 nitrogen and oxygen atoms in total. The minimum absolute atomic E-state index is 0.115. The predicted molar refractivity (Wildman–Crippen MR) is 127 cm³/mol. The first kappa shape index (κ1) is 24.0. The van der Waals surface area contributed by atoms with Gasteiger partial charge in [-0.2, -0.15) is 13.2 Å².